The van der Waals surface area contributed by atoms with Crippen LogP contribution in [0, 0.1) is 0 Å². The van der Waals surface area contributed by atoms with Gasteiger partial charge in [0.15, 0.2) is 0 Å². The van der Waals surface area contributed by atoms with Crippen molar-refractivity contribution in [3.63, 3.8) is 0 Å². The molecule has 0 spiro atoms. The van der Waals surface area contributed by atoms with Crippen LogP contribution in [0.3, 0.4) is 0 Å². The van der Waals surface area contributed by atoms with Crippen molar-refractivity contribution in [1.82, 2.24) is 20.3 Å². The van der Waals surface area contributed by atoms with E-state index in [1.165, 1.54) is 18.3 Å². The van der Waals surface area contributed by atoms with Gasteiger partial charge in [0.05, 0.1) is 11.1 Å². The van der Waals surface area contributed by atoms with E-state index in [1.54, 1.807) is 6.07 Å². The number of hydrogen-bond donors (Lipinski definition) is 4. The van der Waals surface area contributed by atoms with E-state index in [1.807, 2.05) is 0 Å². The number of aromatic amines is 1. The van der Waals surface area contributed by atoms with Crippen molar-refractivity contribution in [3.05, 3.63) is 52.4 Å². The fraction of sp³-hybridized carbons (Fsp3) is 0.278. The maximum atomic E-state index is 12.8. The Morgan fingerprint density at radius 2 is 1.86 bits per heavy atom. The third kappa shape index (κ3) is 4.60. The van der Waals surface area contributed by atoms with Gasteiger partial charge in [-0.25, -0.2) is 4.98 Å². The minimum atomic E-state index is -4.41. The molecule has 154 valence electrons. The molecule has 2 aromatic heterocycles. The maximum Gasteiger partial charge on any atom is 0.416 e. The number of hydrogen-bond acceptors (Lipinski definition) is 6. The summed E-state index contributed by atoms with van der Waals surface area (Å²) in [6.07, 6.45) is -2.01. The zero-order chi connectivity index (χ0) is 19.7. The van der Waals surface area contributed by atoms with Crippen molar-refractivity contribution in [1.29, 1.82) is 0 Å². The molecule has 1 aliphatic rings. The molecular weight excluding hydrogens is 409 g/mol. The van der Waals surface area contributed by atoms with Crippen molar-refractivity contribution in [3.8, 4) is 0 Å². The molecule has 7 nitrogen and oxygen atoms in total. The zero-order valence-electron chi connectivity index (χ0n) is 15.0. The van der Waals surface area contributed by atoms with Crippen LogP contribution in [0.5, 0.6) is 0 Å². The van der Waals surface area contributed by atoms with Crippen LogP contribution in [-0.4, -0.2) is 34.1 Å². The predicted molar refractivity (Wildman–Crippen MR) is 107 cm³/mol. The molecule has 3 aromatic rings. The molecule has 0 bridgehead atoms. The number of aromatic nitrogens is 3. The zero-order valence-corrected chi connectivity index (χ0v) is 15.8. The van der Waals surface area contributed by atoms with Gasteiger partial charge in [0.2, 0.25) is 5.95 Å². The molecule has 1 aromatic carbocycles. The molecule has 11 heteroatoms. The van der Waals surface area contributed by atoms with Crippen LogP contribution in [0.25, 0.3) is 10.9 Å². The van der Waals surface area contributed by atoms with E-state index in [4.69, 9.17) is 0 Å². The number of nitrogens with zero attached hydrogens (tertiary/aromatic N) is 2. The van der Waals surface area contributed by atoms with E-state index < -0.39 is 11.7 Å². The second kappa shape index (κ2) is 8.26. The summed E-state index contributed by atoms with van der Waals surface area (Å²) in [5.41, 5.74) is -0.327. The Hall–Kier alpha value is -2.85. The fourth-order valence-electron chi connectivity index (χ4n) is 3.09. The van der Waals surface area contributed by atoms with E-state index in [0.29, 0.717) is 17.2 Å². The molecule has 1 fully saturated rings. The monoisotopic (exact) mass is 426 g/mol. The summed E-state index contributed by atoms with van der Waals surface area (Å²) in [6, 6.07) is 6.34. The third-order valence-corrected chi connectivity index (χ3v) is 4.49. The van der Waals surface area contributed by atoms with Crippen molar-refractivity contribution in [2.45, 2.75) is 18.6 Å². The molecular formula is C18H18ClF3N6O. The van der Waals surface area contributed by atoms with Crippen LogP contribution >= 0.6 is 12.4 Å². The van der Waals surface area contributed by atoms with Crippen molar-refractivity contribution < 1.29 is 13.2 Å². The summed E-state index contributed by atoms with van der Waals surface area (Å²) < 4.78 is 38.3. The van der Waals surface area contributed by atoms with Gasteiger partial charge < -0.3 is 20.9 Å². The maximum absolute atomic E-state index is 12.8. The molecule has 1 atom stereocenters. The summed E-state index contributed by atoms with van der Waals surface area (Å²) in [5, 5.41) is 9.62. The topological polar surface area (TPSA) is 94.7 Å². The van der Waals surface area contributed by atoms with Gasteiger partial charge in [0.1, 0.15) is 11.2 Å². The van der Waals surface area contributed by atoms with Gasteiger partial charge in [-0.1, -0.05) is 0 Å². The summed E-state index contributed by atoms with van der Waals surface area (Å²) in [4.78, 5) is 23.6. The molecule has 1 saturated heterocycles. The Bertz CT molecular complexity index is 1050. The first kappa shape index (κ1) is 20.9. The van der Waals surface area contributed by atoms with E-state index in [-0.39, 0.29) is 35.2 Å². The van der Waals surface area contributed by atoms with Crippen molar-refractivity contribution in [2.24, 2.45) is 0 Å². The van der Waals surface area contributed by atoms with Crippen LogP contribution in [0.4, 0.5) is 30.6 Å². The Labute approximate surface area is 169 Å². The Kier molecular flexibility index (Phi) is 5.94. The number of pyridine rings is 1. The van der Waals surface area contributed by atoms with Gasteiger partial charge in [-0.15, -0.1) is 12.4 Å². The number of nitrogens with one attached hydrogen (secondary N) is 4. The van der Waals surface area contributed by atoms with Gasteiger partial charge in [0, 0.05) is 24.5 Å². The summed E-state index contributed by atoms with van der Waals surface area (Å²) in [6.45, 7) is 1.67. The number of fused-ring (bicyclic) bond motifs is 1. The van der Waals surface area contributed by atoms with Crippen molar-refractivity contribution >= 4 is 40.8 Å². The Morgan fingerprint density at radius 1 is 1.10 bits per heavy atom. The van der Waals surface area contributed by atoms with E-state index in [2.05, 4.69) is 30.9 Å². The summed E-state index contributed by atoms with van der Waals surface area (Å²) in [5.74, 6) is 0.571. The van der Waals surface area contributed by atoms with E-state index in [9.17, 15) is 18.0 Å². The average molecular weight is 427 g/mol. The fourth-order valence-corrected chi connectivity index (χ4v) is 3.09. The molecule has 1 aliphatic heterocycles. The van der Waals surface area contributed by atoms with Crippen LogP contribution in [0.15, 0.2) is 41.3 Å². The number of benzene rings is 1. The second-order valence-corrected chi connectivity index (χ2v) is 6.50. The van der Waals surface area contributed by atoms with Crippen LogP contribution in [-0.2, 0) is 6.18 Å². The average Bonchev–Trinajstić information content (AvgIpc) is 3.14. The highest BCUT2D eigenvalue weighted by molar-refractivity contribution is 5.90. The predicted octanol–water partition coefficient (Wildman–Crippen LogP) is 3.28. The minimum Gasteiger partial charge on any atom is -0.350 e. The molecule has 29 heavy (non-hydrogen) atoms. The quantitative estimate of drug-likeness (QED) is 0.511. The lowest BCUT2D eigenvalue weighted by Gasteiger charge is -2.14. The normalized spacial score (nSPS) is 16.4. The molecule has 0 aliphatic carbocycles. The highest BCUT2D eigenvalue weighted by Gasteiger charge is 2.30. The lowest BCUT2D eigenvalue weighted by atomic mass is 10.2. The van der Waals surface area contributed by atoms with Gasteiger partial charge in [-0.05, 0) is 43.3 Å². The first-order valence-electron chi connectivity index (χ1n) is 8.71. The second-order valence-electron chi connectivity index (χ2n) is 6.50. The van der Waals surface area contributed by atoms with Gasteiger partial charge in [-0.3, -0.25) is 4.79 Å². The van der Waals surface area contributed by atoms with Crippen LogP contribution in [0.2, 0.25) is 0 Å². The Balaban J connectivity index is 0.00000240. The molecule has 1 unspecified atom stereocenters. The first-order chi connectivity index (χ1) is 13.4. The van der Waals surface area contributed by atoms with Crippen LogP contribution < -0.4 is 21.5 Å². The molecule has 4 N–H and O–H groups in total. The summed E-state index contributed by atoms with van der Waals surface area (Å²) in [7, 11) is 0. The first-order valence-corrected chi connectivity index (χ1v) is 8.71. The molecule has 0 amide bonds. The Morgan fingerprint density at radius 3 is 2.52 bits per heavy atom. The smallest absolute Gasteiger partial charge is 0.350 e. The lowest BCUT2D eigenvalue weighted by Crippen LogP contribution is -2.24. The highest BCUT2D eigenvalue weighted by atomic mass is 35.5. The molecule has 0 radical (unpaired) electrons. The largest absolute Gasteiger partial charge is 0.416 e. The number of anilines is 3. The van der Waals surface area contributed by atoms with E-state index >= 15 is 0 Å². The van der Waals surface area contributed by atoms with E-state index in [0.717, 1.165) is 31.6 Å². The standard InChI is InChI=1S/C18H17F3N6O.ClH/c19-18(20,21)10-1-3-11(4-2-10)24-15-14-13(6-8-23-16(14)28)26-17(27-15)25-12-5-7-22-9-12;/h1-4,6,8,12,22H,5,7,9H2,(H,23,28)(H2,24,25,26,27);1H. The van der Waals surface area contributed by atoms with Gasteiger partial charge in [-0.2, -0.15) is 18.2 Å². The van der Waals surface area contributed by atoms with Crippen molar-refractivity contribution in [2.75, 3.05) is 23.7 Å². The van der Waals surface area contributed by atoms with Gasteiger partial charge >= 0.3 is 6.18 Å². The number of rotatable bonds is 4. The SMILES string of the molecule is Cl.O=c1[nH]ccc2nc(NC3CCNC3)nc(Nc3ccc(C(F)(F)F)cc3)c12. The highest BCUT2D eigenvalue weighted by Crippen LogP contribution is 2.31. The molecule has 4 rings (SSSR count). The molecule has 3 heterocycles. The number of H-pyrrole nitrogens is 1. The lowest BCUT2D eigenvalue weighted by molar-refractivity contribution is -0.137. The minimum absolute atomic E-state index is 0. The van der Waals surface area contributed by atoms with Gasteiger partial charge in [0.25, 0.3) is 5.56 Å². The number of alkyl halides is 3. The summed E-state index contributed by atoms with van der Waals surface area (Å²) >= 11 is 0. The van der Waals surface area contributed by atoms with Crippen LogP contribution in [0.1, 0.15) is 12.0 Å². The molecule has 0 saturated carbocycles. The number of halogens is 4. The third-order valence-electron chi connectivity index (χ3n) is 4.49.